The Labute approximate surface area is 135 Å². The van der Waals surface area contributed by atoms with Crippen LogP contribution in [0.2, 0.25) is 15.1 Å². The van der Waals surface area contributed by atoms with Gasteiger partial charge in [0.05, 0.1) is 20.8 Å². The number of fused-ring (bicyclic) bond motifs is 1. The van der Waals surface area contributed by atoms with Crippen molar-refractivity contribution in [2.45, 2.75) is 6.04 Å². The fourth-order valence-electron chi connectivity index (χ4n) is 2.17. The molecule has 0 radical (unpaired) electrons. The highest BCUT2D eigenvalue weighted by Gasteiger charge is 2.31. The summed E-state index contributed by atoms with van der Waals surface area (Å²) in [5.74, 6) is -0.708. The monoisotopic (exact) mass is 344 g/mol. The van der Waals surface area contributed by atoms with Crippen LogP contribution in [0.15, 0.2) is 30.3 Å². The first-order chi connectivity index (χ1) is 9.95. The second-order valence-corrected chi connectivity index (χ2v) is 5.77. The highest BCUT2D eigenvalue weighted by Crippen LogP contribution is 2.38. The number of benzene rings is 2. The van der Waals surface area contributed by atoms with Crippen molar-refractivity contribution in [1.82, 2.24) is 0 Å². The summed E-state index contributed by atoms with van der Waals surface area (Å²) in [6, 6.07) is 6.48. The molecule has 0 fully saturated rings. The molecule has 3 nitrogen and oxygen atoms in total. The van der Waals surface area contributed by atoms with Crippen molar-refractivity contribution in [1.29, 1.82) is 0 Å². The van der Waals surface area contributed by atoms with E-state index in [4.69, 9.17) is 34.8 Å². The standard InChI is InChI=1S/C14H8Cl3FN2O/c15-8-4-10(17)12(5-9(8)16)19-13-7-2-1-6(18)3-11(7)20-14(13)21/h1-5,13,19H,(H,20,21). The van der Waals surface area contributed by atoms with Crippen LogP contribution >= 0.6 is 34.8 Å². The first-order valence-corrected chi connectivity index (χ1v) is 7.10. The third-order valence-electron chi connectivity index (χ3n) is 3.16. The Hall–Kier alpha value is -1.49. The van der Waals surface area contributed by atoms with E-state index in [0.717, 1.165) is 0 Å². The van der Waals surface area contributed by atoms with E-state index in [0.29, 0.717) is 32.0 Å². The first kappa shape index (κ1) is 14.4. The Morgan fingerprint density at radius 3 is 2.52 bits per heavy atom. The first-order valence-electron chi connectivity index (χ1n) is 5.97. The van der Waals surface area contributed by atoms with E-state index in [9.17, 15) is 9.18 Å². The molecular formula is C14H8Cl3FN2O. The van der Waals surface area contributed by atoms with Crippen molar-refractivity contribution in [3.8, 4) is 0 Å². The van der Waals surface area contributed by atoms with E-state index in [1.54, 1.807) is 12.1 Å². The molecular weight excluding hydrogens is 338 g/mol. The number of carbonyl (C=O) groups excluding carboxylic acids is 1. The number of nitrogens with one attached hydrogen (secondary N) is 2. The van der Waals surface area contributed by atoms with Crippen LogP contribution in [0.5, 0.6) is 0 Å². The molecule has 7 heteroatoms. The number of halogens is 4. The van der Waals surface area contributed by atoms with Gasteiger partial charge in [0.15, 0.2) is 0 Å². The minimum Gasteiger partial charge on any atom is -0.369 e. The van der Waals surface area contributed by atoms with Gasteiger partial charge in [-0.3, -0.25) is 4.79 Å². The lowest BCUT2D eigenvalue weighted by Crippen LogP contribution is -2.19. The molecule has 1 aliphatic rings. The Morgan fingerprint density at radius 2 is 1.76 bits per heavy atom. The molecule has 2 N–H and O–H groups in total. The van der Waals surface area contributed by atoms with Crippen LogP contribution in [0.3, 0.4) is 0 Å². The van der Waals surface area contributed by atoms with Crippen LogP contribution in [-0.2, 0) is 4.79 Å². The van der Waals surface area contributed by atoms with Gasteiger partial charge in [-0.25, -0.2) is 4.39 Å². The quantitative estimate of drug-likeness (QED) is 0.761. The molecule has 0 spiro atoms. The van der Waals surface area contributed by atoms with Gasteiger partial charge in [-0.05, 0) is 24.3 Å². The van der Waals surface area contributed by atoms with Gasteiger partial charge in [0, 0.05) is 11.3 Å². The van der Waals surface area contributed by atoms with Gasteiger partial charge < -0.3 is 10.6 Å². The van der Waals surface area contributed by atoms with E-state index < -0.39 is 11.9 Å². The third kappa shape index (κ3) is 2.67. The maximum absolute atomic E-state index is 13.2. The Bertz CT molecular complexity index is 751. The van der Waals surface area contributed by atoms with Gasteiger partial charge in [-0.15, -0.1) is 0 Å². The largest absolute Gasteiger partial charge is 0.369 e. The zero-order chi connectivity index (χ0) is 15.1. The van der Waals surface area contributed by atoms with Crippen molar-refractivity contribution < 1.29 is 9.18 Å². The number of rotatable bonds is 2. The summed E-state index contributed by atoms with van der Waals surface area (Å²) in [7, 11) is 0. The third-order valence-corrected chi connectivity index (χ3v) is 4.19. The SMILES string of the molecule is O=C1Nc2cc(F)ccc2C1Nc1cc(Cl)c(Cl)cc1Cl. The van der Waals surface area contributed by atoms with Crippen LogP contribution < -0.4 is 10.6 Å². The van der Waals surface area contributed by atoms with Crippen LogP contribution in [0.25, 0.3) is 0 Å². The minimum absolute atomic E-state index is 0.294. The van der Waals surface area contributed by atoms with E-state index in [1.807, 2.05) is 0 Å². The van der Waals surface area contributed by atoms with Crippen molar-refractivity contribution in [3.63, 3.8) is 0 Å². The Morgan fingerprint density at radius 1 is 1.05 bits per heavy atom. The highest BCUT2D eigenvalue weighted by molar-refractivity contribution is 6.44. The van der Waals surface area contributed by atoms with Gasteiger partial charge in [0.1, 0.15) is 11.9 Å². The van der Waals surface area contributed by atoms with Crippen LogP contribution in [0.1, 0.15) is 11.6 Å². The Balaban J connectivity index is 1.96. The summed E-state index contributed by atoms with van der Waals surface area (Å²) < 4.78 is 13.2. The van der Waals surface area contributed by atoms with Gasteiger partial charge in [0.2, 0.25) is 0 Å². The molecule has 21 heavy (non-hydrogen) atoms. The maximum atomic E-state index is 13.2. The molecule has 1 heterocycles. The molecule has 1 unspecified atom stereocenters. The normalized spacial score (nSPS) is 16.6. The highest BCUT2D eigenvalue weighted by atomic mass is 35.5. The van der Waals surface area contributed by atoms with E-state index in [-0.39, 0.29) is 5.91 Å². The molecule has 0 aromatic heterocycles. The van der Waals surface area contributed by atoms with Crippen LogP contribution in [0.4, 0.5) is 15.8 Å². The molecule has 0 bridgehead atoms. The summed E-state index contributed by atoms with van der Waals surface area (Å²) >= 11 is 17.9. The average Bonchev–Trinajstić information content (AvgIpc) is 2.71. The predicted octanol–water partition coefficient (Wildman–Crippen LogP) is 4.89. The van der Waals surface area contributed by atoms with Crippen molar-refractivity contribution >= 4 is 52.1 Å². The lowest BCUT2D eigenvalue weighted by Gasteiger charge is -2.15. The zero-order valence-electron chi connectivity index (χ0n) is 10.4. The zero-order valence-corrected chi connectivity index (χ0v) is 12.7. The van der Waals surface area contributed by atoms with Crippen molar-refractivity contribution in [3.05, 3.63) is 56.8 Å². The summed E-state index contributed by atoms with van der Waals surface area (Å²) in [6.45, 7) is 0. The number of amides is 1. The van der Waals surface area contributed by atoms with Gasteiger partial charge >= 0.3 is 0 Å². The van der Waals surface area contributed by atoms with Crippen molar-refractivity contribution in [2.24, 2.45) is 0 Å². The summed E-state index contributed by atoms with van der Waals surface area (Å²) in [4.78, 5) is 12.0. The van der Waals surface area contributed by atoms with Gasteiger partial charge in [-0.1, -0.05) is 40.9 Å². The summed E-state index contributed by atoms with van der Waals surface area (Å²) in [6.07, 6.45) is 0. The van der Waals surface area contributed by atoms with E-state index >= 15 is 0 Å². The summed E-state index contributed by atoms with van der Waals surface area (Å²) in [5.41, 5.74) is 1.56. The van der Waals surface area contributed by atoms with E-state index in [2.05, 4.69) is 10.6 Å². The van der Waals surface area contributed by atoms with E-state index in [1.165, 1.54) is 18.2 Å². The molecule has 0 saturated carbocycles. The molecule has 1 amide bonds. The fraction of sp³-hybridized carbons (Fsp3) is 0.0714. The topological polar surface area (TPSA) is 41.1 Å². The molecule has 0 aliphatic carbocycles. The summed E-state index contributed by atoms with van der Waals surface area (Å²) in [5, 5.41) is 6.59. The Kier molecular flexibility index (Phi) is 3.69. The van der Waals surface area contributed by atoms with Crippen LogP contribution in [-0.4, -0.2) is 5.91 Å². The lowest BCUT2D eigenvalue weighted by molar-refractivity contribution is -0.116. The number of anilines is 2. The molecule has 108 valence electrons. The van der Waals surface area contributed by atoms with Crippen molar-refractivity contribution in [2.75, 3.05) is 10.6 Å². The molecule has 1 atom stereocenters. The fourth-order valence-corrected chi connectivity index (χ4v) is 2.77. The van der Waals surface area contributed by atoms with Crippen LogP contribution in [0, 0.1) is 5.82 Å². The molecule has 1 aliphatic heterocycles. The minimum atomic E-state index is -0.671. The number of hydrogen-bond acceptors (Lipinski definition) is 2. The predicted molar refractivity (Wildman–Crippen MR) is 82.9 cm³/mol. The second kappa shape index (κ2) is 5.37. The van der Waals surface area contributed by atoms with Gasteiger partial charge in [0.25, 0.3) is 5.91 Å². The lowest BCUT2D eigenvalue weighted by atomic mass is 10.1. The molecule has 3 rings (SSSR count). The smallest absolute Gasteiger partial charge is 0.251 e. The number of carbonyl (C=O) groups is 1. The van der Waals surface area contributed by atoms with Gasteiger partial charge in [-0.2, -0.15) is 0 Å². The average molecular weight is 346 g/mol. The maximum Gasteiger partial charge on any atom is 0.251 e. The molecule has 2 aromatic carbocycles. The molecule has 0 saturated heterocycles. The second-order valence-electron chi connectivity index (χ2n) is 4.54. The molecule has 2 aromatic rings. The number of hydrogen-bond donors (Lipinski definition) is 2.